The number of aromatic nitrogens is 1. The van der Waals surface area contributed by atoms with E-state index < -0.39 is 0 Å². The van der Waals surface area contributed by atoms with Crippen molar-refractivity contribution in [1.29, 1.82) is 0 Å². The highest BCUT2D eigenvalue weighted by atomic mass is 35.5. The van der Waals surface area contributed by atoms with Gasteiger partial charge >= 0.3 is 0 Å². The number of hydrogen-bond acceptors (Lipinski definition) is 5. The van der Waals surface area contributed by atoms with E-state index >= 15 is 0 Å². The number of nitrogens with zero attached hydrogens (tertiary/aromatic N) is 1. The van der Waals surface area contributed by atoms with Crippen molar-refractivity contribution in [3.8, 4) is 11.3 Å². The summed E-state index contributed by atoms with van der Waals surface area (Å²) in [4.78, 5) is 18.4. The Kier molecular flexibility index (Phi) is 10.6. The third-order valence-electron chi connectivity index (χ3n) is 5.23. The van der Waals surface area contributed by atoms with Crippen LogP contribution in [0.4, 0.5) is 0 Å². The molecule has 0 spiro atoms. The number of piperidine rings is 1. The van der Waals surface area contributed by atoms with Crippen LogP contribution in [0, 0.1) is 19.3 Å². The van der Waals surface area contributed by atoms with Crippen LogP contribution in [-0.2, 0) is 16.0 Å². The van der Waals surface area contributed by atoms with Gasteiger partial charge in [0.15, 0.2) is 0 Å². The van der Waals surface area contributed by atoms with Crippen molar-refractivity contribution >= 4 is 42.1 Å². The number of halogens is 2. The second-order valence-corrected chi connectivity index (χ2v) is 8.79. The molecule has 2 heterocycles. The van der Waals surface area contributed by atoms with Crippen LogP contribution in [0.15, 0.2) is 24.3 Å². The number of aryl methyl sites for hydroxylation is 2. The topological polar surface area (TPSA) is 63.2 Å². The van der Waals surface area contributed by atoms with Gasteiger partial charge in [0, 0.05) is 29.5 Å². The van der Waals surface area contributed by atoms with Crippen molar-refractivity contribution in [2.45, 2.75) is 33.1 Å². The summed E-state index contributed by atoms with van der Waals surface area (Å²) in [5.74, 6) is 0.0565. The molecule has 0 radical (unpaired) electrons. The first kappa shape index (κ1) is 25.9. The molecule has 1 saturated heterocycles. The molecule has 1 aliphatic heterocycles. The average molecular weight is 460 g/mol. The molecular weight excluding hydrogens is 429 g/mol. The summed E-state index contributed by atoms with van der Waals surface area (Å²) in [5.41, 5.74) is 3.26. The second-order valence-electron chi connectivity index (χ2n) is 7.51. The minimum atomic E-state index is 0. The molecule has 29 heavy (non-hydrogen) atoms. The van der Waals surface area contributed by atoms with E-state index in [0.29, 0.717) is 19.6 Å². The Labute approximate surface area is 189 Å². The van der Waals surface area contributed by atoms with Crippen LogP contribution in [0.25, 0.3) is 11.3 Å². The van der Waals surface area contributed by atoms with E-state index in [9.17, 15) is 4.79 Å². The molecule has 1 aromatic carbocycles. The standard InChI is InChI=1S/C21H29N3O2S.2ClH/c1-15-4-6-17(7-5-15)20-18(27-16(2)24-20)12-19(25)23-13-21(14-26-3)8-10-22-11-9-21;;/h4-7,22H,8-14H2,1-3H3,(H,23,25);2*1H. The molecule has 0 saturated carbocycles. The number of ether oxygens (including phenoxy) is 1. The average Bonchev–Trinajstić information content (AvgIpc) is 3.02. The zero-order valence-corrected chi connectivity index (χ0v) is 19.7. The maximum atomic E-state index is 12.7. The number of nitrogens with one attached hydrogen (secondary N) is 2. The van der Waals surface area contributed by atoms with E-state index in [1.165, 1.54) is 5.56 Å². The molecule has 0 unspecified atom stereocenters. The predicted octanol–water partition coefficient (Wildman–Crippen LogP) is 3.95. The summed E-state index contributed by atoms with van der Waals surface area (Å²) in [5, 5.41) is 7.53. The van der Waals surface area contributed by atoms with Gasteiger partial charge in [-0.05, 0) is 39.8 Å². The first-order chi connectivity index (χ1) is 13.0. The zero-order chi connectivity index (χ0) is 19.3. The fourth-order valence-corrected chi connectivity index (χ4v) is 4.61. The zero-order valence-electron chi connectivity index (χ0n) is 17.2. The molecule has 0 atom stereocenters. The summed E-state index contributed by atoms with van der Waals surface area (Å²) in [6.07, 6.45) is 2.42. The first-order valence-corrected chi connectivity index (χ1v) is 10.3. The third kappa shape index (κ3) is 6.93. The number of methoxy groups -OCH3 is 1. The molecule has 1 amide bonds. The van der Waals surface area contributed by atoms with E-state index in [4.69, 9.17) is 4.74 Å². The molecule has 0 aliphatic carbocycles. The summed E-state index contributed by atoms with van der Waals surface area (Å²) in [6.45, 7) is 7.37. The van der Waals surface area contributed by atoms with Crippen LogP contribution >= 0.6 is 36.2 Å². The van der Waals surface area contributed by atoms with Gasteiger partial charge in [0.25, 0.3) is 0 Å². The largest absolute Gasteiger partial charge is 0.384 e. The number of carbonyl (C=O) groups excluding carboxylic acids is 1. The Bertz CT molecular complexity index is 769. The summed E-state index contributed by atoms with van der Waals surface area (Å²) < 4.78 is 5.44. The Hall–Kier alpha value is -1.18. The van der Waals surface area contributed by atoms with E-state index in [2.05, 4.69) is 46.8 Å². The second kappa shape index (κ2) is 11.9. The lowest BCUT2D eigenvalue weighted by Crippen LogP contribution is -2.47. The van der Waals surface area contributed by atoms with Gasteiger partial charge in [0.2, 0.25) is 5.91 Å². The Balaban J connectivity index is 0.00000210. The van der Waals surface area contributed by atoms with Crippen LogP contribution in [-0.4, -0.2) is 44.2 Å². The van der Waals surface area contributed by atoms with Crippen molar-refractivity contribution < 1.29 is 9.53 Å². The minimum absolute atomic E-state index is 0. The highest BCUT2D eigenvalue weighted by Crippen LogP contribution is 2.30. The fourth-order valence-electron chi connectivity index (χ4n) is 3.66. The maximum Gasteiger partial charge on any atom is 0.225 e. The molecule has 0 bridgehead atoms. The van der Waals surface area contributed by atoms with Crippen LogP contribution in [0.1, 0.15) is 28.3 Å². The predicted molar refractivity (Wildman–Crippen MR) is 125 cm³/mol. The lowest BCUT2D eigenvalue weighted by atomic mass is 9.79. The number of benzene rings is 1. The van der Waals surface area contributed by atoms with Crippen LogP contribution in [0.5, 0.6) is 0 Å². The van der Waals surface area contributed by atoms with Crippen LogP contribution in [0.2, 0.25) is 0 Å². The first-order valence-electron chi connectivity index (χ1n) is 9.51. The maximum absolute atomic E-state index is 12.7. The molecule has 2 aromatic rings. The summed E-state index contributed by atoms with van der Waals surface area (Å²) in [7, 11) is 1.74. The lowest BCUT2D eigenvalue weighted by molar-refractivity contribution is -0.121. The van der Waals surface area contributed by atoms with Crippen LogP contribution < -0.4 is 10.6 Å². The van der Waals surface area contributed by atoms with Gasteiger partial charge in [0.1, 0.15) is 0 Å². The third-order valence-corrected chi connectivity index (χ3v) is 6.20. The van der Waals surface area contributed by atoms with Gasteiger partial charge < -0.3 is 15.4 Å². The van der Waals surface area contributed by atoms with E-state index in [-0.39, 0.29) is 36.1 Å². The van der Waals surface area contributed by atoms with Gasteiger partial charge in [0.05, 0.1) is 23.7 Å². The number of thiazole rings is 1. The van der Waals surface area contributed by atoms with Crippen molar-refractivity contribution in [3.05, 3.63) is 39.7 Å². The van der Waals surface area contributed by atoms with Gasteiger partial charge in [-0.2, -0.15) is 0 Å². The van der Waals surface area contributed by atoms with Gasteiger partial charge in [-0.1, -0.05) is 29.8 Å². The van der Waals surface area contributed by atoms with E-state index in [1.54, 1.807) is 18.4 Å². The number of carbonyl (C=O) groups is 1. The monoisotopic (exact) mass is 459 g/mol. The van der Waals surface area contributed by atoms with Crippen molar-refractivity contribution in [2.75, 3.05) is 33.4 Å². The van der Waals surface area contributed by atoms with Crippen LogP contribution in [0.3, 0.4) is 0 Å². The molecule has 1 fully saturated rings. The van der Waals surface area contributed by atoms with E-state index in [1.807, 2.05) is 6.92 Å². The van der Waals surface area contributed by atoms with Crippen molar-refractivity contribution in [2.24, 2.45) is 5.41 Å². The summed E-state index contributed by atoms with van der Waals surface area (Å²) >= 11 is 1.61. The molecule has 1 aliphatic rings. The Morgan fingerprint density at radius 2 is 1.86 bits per heavy atom. The molecule has 1 aromatic heterocycles. The quantitative estimate of drug-likeness (QED) is 0.657. The molecular formula is C21H31Cl2N3O2S. The molecule has 162 valence electrons. The number of amides is 1. The number of rotatable bonds is 7. The lowest BCUT2D eigenvalue weighted by Gasteiger charge is -2.37. The summed E-state index contributed by atoms with van der Waals surface area (Å²) in [6, 6.07) is 8.32. The normalized spacial score (nSPS) is 15.1. The van der Waals surface area contributed by atoms with Crippen molar-refractivity contribution in [1.82, 2.24) is 15.6 Å². The SMILES string of the molecule is COCC1(CNC(=O)Cc2sc(C)nc2-c2ccc(C)cc2)CCNCC1.Cl.Cl. The Morgan fingerprint density at radius 1 is 1.21 bits per heavy atom. The van der Waals surface area contributed by atoms with Gasteiger partial charge in [-0.15, -0.1) is 36.2 Å². The Morgan fingerprint density at radius 3 is 2.48 bits per heavy atom. The molecule has 8 heteroatoms. The van der Waals surface area contributed by atoms with Crippen molar-refractivity contribution in [3.63, 3.8) is 0 Å². The highest BCUT2D eigenvalue weighted by molar-refractivity contribution is 7.12. The van der Waals surface area contributed by atoms with Gasteiger partial charge in [-0.3, -0.25) is 4.79 Å². The van der Waals surface area contributed by atoms with Gasteiger partial charge in [-0.25, -0.2) is 4.98 Å². The molecule has 3 rings (SSSR count). The minimum Gasteiger partial charge on any atom is -0.384 e. The molecule has 2 N–H and O–H groups in total. The fraction of sp³-hybridized carbons (Fsp3) is 0.524. The smallest absolute Gasteiger partial charge is 0.225 e. The highest BCUT2D eigenvalue weighted by Gasteiger charge is 2.32. The molecule has 5 nitrogen and oxygen atoms in total. The number of hydrogen-bond donors (Lipinski definition) is 2. The van der Waals surface area contributed by atoms with E-state index in [0.717, 1.165) is 47.1 Å².